The summed E-state index contributed by atoms with van der Waals surface area (Å²) < 4.78 is 4.63. The number of benzene rings is 3. The van der Waals surface area contributed by atoms with Gasteiger partial charge in [-0.05, 0) is 47.9 Å². The second-order valence-electron chi connectivity index (χ2n) is 9.81. The summed E-state index contributed by atoms with van der Waals surface area (Å²) in [5, 5.41) is 6.36. The lowest BCUT2D eigenvalue weighted by Crippen LogP contribution is -1.99. The number of aromatic nitrogens is 4. The first-order chi connectivity index (χ1) is 18.9. The minimum atomic E-state index is 0.749. The summed E-state index contributed by atoms with van der Waals surface area (Å²) in [6.07, 6.45) is 29.3. The third-order valence-electron chi connectivity index (χ3n) is 7.66. The Bertz CT molecular complexity index is 2050. The van der Waals surface area contributed by atoms with Crippen LogP contribution in [-0.2, 0) is 0 Å². The highest BCUT2D eigenvalue weighted by molar-refractivity contribution is 6.29. The molecule has 0 saturated heterocycles. The van der Waals surface area contributed by atoms with Crippen molar-refractivity contribution in [2.75, 3.05) is 0 Å². The Labute approximate surface area is 219 Å². The first kappa shape index (κ1) is 21.2. The van der Waals surface area contributed by atoms with Gasteiger partial charge in [-0.2, -0.15) is 0 Å². The highest BCUT2D eigenvalue weighted by Crippen LogP contribution is 2.42. The van der Waals surface area contributed by atoms with Crippen molar-refractivity contribution in [3.8, 4) is 5.69 Å². The highest BCUT2D eigenvalue weighted by Gasteiger charge is 2.20. The summed E-state index contributed by atoms with van der Waals surface area (Å²) in [5.74, 6) is 0.749. The molecule has 180 valence electrons. The summed E-state index contributed by atoms with van der Waals surface area (Å²) >= 11 is 0. The number of rotatable bonds is 3. The fourth-order valence-corrected chi connectivity index (χ4v) is 5.95. The van der Waals surface area contributed by atoms with Gasteiger partial charge in [0, 0.05) is 33.6 Å². The summed E-state index contributed by atoms with van der Waals surface area (Å²) in [4.78, 5) is 9.61. The van der Waals surface area contributed by atoms with Crippen molar-refractivity contribution in [1.82, 2.24) is 19.1 Å². The van der Waals surface area contributed by atoms with Crippen LogP contribution in [-0.4, -0.2) is 19.1 Å². The molecule has 2 aliphatic rings. The van der Waals surface area contributed by atoms with Gasteiger partial charge in [0.05, 0.1) is 34.6 Å². The molecule has 0 bridgehead atoms. The molecule has 6 aromatic rings. The van der Waals surface area contributed by atoms with Crippen LogP contribution in [0.5, 0.6) is 0 Å². The normalized spacial score (nSPS) is 15.6. The molecule has 4 heteroatoms. The molecule has 0 atom stereocenters. The topological polar surface area (TPSA) is 35.6 Å². The molecule has 0 spiro atoms. The van der Waals surface area contributed by atoms with E-state index in [2.05, 4.69) is 112 Å². The quantitative estimate of drug-likeness (QED) is 0.235. The van der Waals surface area contributed by atoms with E-state index in [1.165, 1.54) is 49.2 Å². The summed E-state index contributed by atoms with van der Waals surface area (Å²) in [6.45, 7) is 0. The molecular formula is C34H24N4. The van der Waals surface area contributed by atoms with Gasteiger partial charge in [-0.3, -0.25) is 0 Å². The molecule has 3 heterocycles. The van der Waals surface area contributed by atoms with Gasteiger partial charge in [0.2, 0.25) is 0 Å². The van der Waals surface area contributed by atoms with Crippen LogP contribution in [0.15, 0.2) is 122 Å². The lowest BCUT2D eigenvalue weighted by atomic mass is 10.00. The molecule has 0 saturated carbocycles. The Morgan fingerprint density at radius 3 is 2.42 bits per heavy atom. The van der Waals surface area contributed by atoms with E-state index in [1.54, 1.807) is 0 Å². The fraction of sp³-hybridized carbons (Fsp3) is 0.0588. The molecule has 3 aromatic carbocycles. The summed E-state index contributed by atoms with van der Waals surface area (Å²) in [7, 11) is 0. The van der Waals surface area contributed by atoms with Gasteiger partial charge in [-0.1, -0.05) is 78.9 Å². The van der Waals surface area contributed by atoms with E-state index in [0.717, 1.165) is 29.9 Å². The van der Waals surface area contributed by atoms with Crippen molar-refractivity contribution in [2.24, 2.45) is 0 Å². The maximum Gasteiger partial charge on any atom is 0.158 e. The van der Waals surface area contributed by atoms with Gasteiger partial charge >= 0.3 is 0 Å². The van der Waals surface area contributed by atoms with Gasteiger partial charge in [-0.15, -0.1) is 0 Å². The van der Waals surface area contributed by atoms with Gasteiger partial charge < -0.3 is 9.13 Å². The van der Waals surface area contributed by atoms with Gasteiger partial charge in [0.1, 0.15) is 0 Å². The van der Waals surface area contributed by atoms with E-state index in [9.17, 15) is 0 Å². The lowest BCUT2D eigenvalue weighted by Gasteiger charge is -2.11. The van der Waals surface area contributed by atoms with Crippen LogP contribution in [0.25, 0.3) is 60.4 Å². The standard InChI is InChI=1S/C34H24N4/c1-2-6-11-24(10-5-1)34-35-21-26(22-36-34)38-29-15-9-12-23-16-17-28-27-18-19-37(25-13-7-3-4-8-14-25)30(27)20-31(38)33(28)32(23)29/h1-5,7,9-22H,6,8H2. The predicted molar refractivity (Wildman–Crippen MR) is 159 cm³/mol. The molecule has 0 fully saturated rings. The van der Waals surface area contributed by atoms with Crippen LogP contribution in [0.4, 0.5) is 0 Å². The maximum absolute atomic E-state index is 4.80. The Morgan fingerprint density at radius 1 is 0.684 bits per heavy atom. The molecule has 0 unspecified atom stereocenters. The van der Waals surface area contributed by atoms with Crippen LogP contribution < -0.4 is 0 Å². The molecule has 0 aliphatic heterocycles. The molecule has 0 radical (unpaired) electrons. The zero-order chi connectivity index (χ0) is 25.1. The van der Waals surface area contributed by atoms with Crippen LogP contribution >= 0.6 is 0 Å². The number of allylic oxidation sites excluding steroid dienone is 12. The van der Waals surface area contributed by atoms with Gasteiger partial charge in [0.25, 0.3) is 0 Å². The lowest BCUT2D eigenvalue weighted by molar-refractivity contribution is 1.05. The Hall–Kier alpha value is -4.96. The van der Waals surface area contributed by atoms with Crippen LogP contribution in [0.2, 0.25) is 0 Å². The maximum atomic E-state index is 4.80. The molecule has 0 N–H and O–H groups in total. The van der Waals surface area contributed by atoms with Crippen molar-refractivity contribution in [3.05, 3.63) is 128 Å². The van der Waals surface area contributed by atoms with E-state index < -0.39 is 0 Å². The van der Waals surface area contributed by atoms with Gasteiger partial charge in [0.15, 0.2) is 5.82 Å². The molecule has 2 aliphatic carbocycles. The van der Waals surface area contributed by atoms with E-state index in [-0.39, 0.29) is 0 Å². The average Bonchev–Trinajstić information content (AvgIpc) is 3.24. The van der Waals surface area contributed by atoms with E-state index in [0.29, 0.717) is 0 Å². The molecule has 0 amide bonds. The van der Waals surface area contributed by atoms with E-state index in [4.69, 9.17) is 9.97 Å². The largest absolute Gasteiger partial charge is 0.317 e. The number of hydrogen-bond acceptors (Lipinski definition) is 2. The SMILES string of the molecule is C1=CCC=C(c2ncc(-n3c4cccc5ccc6c7ccn(C8=CCC=CC=C8)c7cc3c6c54)cn2)C=C1. The Morgan fingerprint density at radius 2 is 1.53 bits per heavy atom. The summed E-state index contributed by atoms with van der Waals surface area (Å²) in [5.41, 5.74) is 6.74. The summed E-state index contributed by atoms with van der Waals surface area (Å²) in [6, 6.07) is 15.7. The van der Waals surface area contributed by atoms with Crippen molar-refractivity contribution in [1.29, 1.82) is 0 Å². The third kappa shape index (κ3) is 3.10. The van der Waals surface area contributed by atoms with Crippen molar-refractivity contribution in [3.63, 3.8) is 0 Å². The zero-order valence-electron chi connectivity index (χ0n) is 20.8. The van der Waals surface area contributed by atoms with Crippen molar-refractivity contribution >= 4 is 54.8 Å². The van der Waals surface area contributed by atoms with E-state index in [1.807, 2.05) is 18.5 Å². The monoisotopic (exact) mass is 488 g/mol. The fourth-order valence-electron chi connectivity index (χ4n) is 5.95. The minimum Gasteiger partial charge on any atom is -0.317 e. The molecule has 8 rings (SSSR count). The Balaban J connectivity index is 1.40. The second-order valence-corrected chi connectivity index (χ2v) is 9.81. The Kier molecular flexibility index (Phi) is 4.61. The van der Waals surface area contributed by atoms with Gasteiger partial charge in [-0.25, -0.2) is 9.97 Å². The molecule has 38 heavy (non-hydrogen) atoms. The first-order valence-electron chi connectivity index (χ1n) is 13.1. The van der Waals surface area contributed by atoms with Crippen LogP contribution in [0.1, 0.15) is 18.7 Å². The third-order valence-corrected chi connectivity index (χ3v) is 7.66. The van der Waals surface area contributed by atoms with Crippen LogP contribution in [0, 0.1) is 0 Å². The van der Waals surface area contributed by atoms with Crippen LogP contribution in [0.3, 0.4) is 0 Å². The van der Waals surface area contributed by atoms with Crippen molar-refractivity contribution < 1.29 is 0 Å². The molecule has 4 nitrogen and oxygen atoms in total. The van der Waals surface area contributed by atoms with Crippen molar-refractivity contribution in [2.45, 2.75) is 12.8 Å². The molecule has 3 aromatic heterocycles. The number of hydrogen-bond donors (Lipinski definition) is 0. The van der Waals surface area contributed by atoms with E-state index >= 15 is 0 Å². The predicted octanol–water partition coefficient (Wildman–Crippen LogP) is 8.38. The number of fused-ring (bicyclic) bond motifs is 2. The number of nitrogens with zero attached hydrogens (tertiary/aromatic N) is 4. The minimum absolute atomic E-state index is 0.749. The highest BCUT2D eigenvalue weighted by atomic mass is 15.0. The molecular weight excluding hydrogens is 464 g/mol. The zero-order valence-corrected chi connectivity index (χ0v) is 20.8. The second kappa shape index (κ2) is 8.29. The first-order valence-corrected chi connectivity index (χ1v) is 13.1. The average molecular weight is 489 g/mol. The smallest absolute Gasteiger partial charge is 0.158 e.